The van der Waals surface area contributed by atoms with Gasteiger partial charge in [-0.05, 0) is 66.7 Å². The first-order valence-corrected chi connectivity index (χ1v) is 9.06. The third-order valence-corrected chi connectivity index (χ3v) is 4.47. The Kier molecular flexibility index (Phi) is 5.17. The van der Waals surface area contributed by atoms with Crippen LogP contribution in [0.2, 0.25) is 0 Å². The van der Waals surface area contributed by atoms with Crippen molar-refractivity contribution in [1.29, 1.82) is 5.41 Å². The number of benzene rings is 2. The summed E-state index contributed by atoms with van der Waals surface area (Å²) in [6.45, 7) is 0. The van der Waals surface area contributed by atoms with Crippen LogP contribution in [0.15, 0.2) is 84.6 Å². The van der Waals surface area contributed by atoms with Crippen molar-refractivity contribution >= 4 is 28.7 Å². The molecule has 0 saturated carbocycles. The molecule has 30 heavy (non-hydrogen) atoms. The minimum Gasteiger partial charge on any atom is -0.592 e. The van der Waals surface area contributed by atoms with Crippen LogP contribution in [0.5, 0.6) is 0 Å². The molecule has 0 bridgehead atoms. The number of hydrogen-bond donors (Lipinski definition) is 2. The summed E-state index contributed by atoms with van der Waals surface area (Å²) in [7, 11) is 0. The van der Waals surface area contributed by atoms with Gasteiger partial charge in [-0.3, -0.25) is 5.41 Å². The first kappa shape index (κ1) is 19.2. The van der Waals surface area contributed by atoms with Crippen molar-refractivity contribution in [2.45, 2.75) is 0 Å². The lowest BCUT2D eigenvalue weighted by Crippen LogP contribution is -2.06. The van der Waals surface area contributed by atoms with Crippen LogP contribution >= 0.6 is 0 Å². The standard InChI is InChI=1S/C23H16F2N4O/c24-16-4-1-14(2-5-16)22(30)19-13-15(3-10-20(19)26)21-11-12-27-23(29-21)28-18-8-6-17(25)7-9-18/h1-13,26,30H,(H,27,28,29)/p+1/b22-19-,26-20?. The smallest absolute Gasteiger partial charge is 0.270 e. The van der Waals surface area contributed by atoms with E-state index in [4.69, 9.17) is 10.5 Å². The Labute approximate surface area is 171 Å². The molecule has 0 unspecified atom stereocenters. The summed E-state index contributed by atoms with van der Waals surface area (Å²) in [5.74, 6) is -0.250. The molecule has 0 spiro atoms. The summed E-state index contributed by atoms with van der Waals surface area (Å²) >= 11 is 0. The van der Waals surface area contributed by atoms with Gasteiger partial charge in [-0.25, -0.2) is 18.7 Å². The van der Waals surface area contributed by atoms with Gasteiger partial charge in [-0.15, -0.1) is 0 Å². The Hall–Kier alpha value is -4.13. The van der Waals surface area contributed by atoms with Gasteiger partial charge in [-0.2, -0.15) is 0 Å². The molecule has 3 aromatic rings. The average Bonchev–Trinajstić information content (AvgIpc) is 2.76. The summed E-state index contributed by atoms with van der Waals surface area (Å²) in [4.78, 5) is 8.66. The molecule has 0 amide bonds. The Morgan fingerprint density at radius 2 is 1.57 bits per heavy atom. The van der Waals surface area contributed by atoms with E-state index in [1.165, 1.54) is 36.4 Å². The van der Waals surface area contributed by atoms with E-state index in [9.17, 15) is 8.78 Å². The minimum atomic E-state index is -0.381. The highest BCUT2D eigenvalue weighted by Crippen LogP contribution is 2.27. The summed E-state index contributed by atoms with van der Waals surface area (Å²) in [6.07, 6.45) is 6.64. The van der Waals surface area contributed by atoms with Crippen LogP contribution < -0.4 is 5.32 Å². The lowest BCUT2D eigenvalue weighted by molar-refractivity contribution is 0.509. The van der Waals surface area contributed by atoms with Gasteiger partial charge in [0.15, 0.2) is 0 Å². The molecule has 0 radical (unpaired) electrons. The maximum atomic E-state index is 13.2. The monoisotopic (exact) mass is 403 g/mol. The molecule has 1 aliphatic carbocycles. The third-order valence-electron chi connectivity index (χ3n) is 4.47. The van der Waals surface area contributed by atoms with E-state index in [1.807, 2.05) is 0 Å². The van der Waals surface area contributed by atoms with Crippen molar-refractivity contribution in [2.75, 3.05) is 5.32 Å². The highest BCUT2D eigenvalue weighted by atomic mass is 19.1. The Morgan fingerprint density at radius 3 is 2.27 bits per heavy atom. The van der Waals surface area contributed by atoms with E-state index >= 15 is 0 Å². The predicted octanol–water partition coefficient (Wildman–Crippen LogP) is 4.61. The molecule has 4 N–H and O–H groups in total. The second-order valence-corrected chi connectivity index (χ2v) is 6.54. The summed E-state index contributed by atoms with van der Waals surface area (Å²) in [6, 6.07) is 13.2. The molecule has 5 nitrogen and oxygen atoms in total. The predicted molar refractivity (Wildman–Crippen MR) is 113 cm³/mol. The van der Waals surface area contributed by atoms with Crippen LogP contribution in [0, 0.1) is 17.0 Å². The molecular weight excluding hydrogens is 386 g/mol. The van der Waals surface area contributed by atoms with Crippen LogP contribution in [0.1, 0.15) is 11.3 Å². The summed E-state index contributed by atoms with van der Waals surface area (Å²) in [5.41, 5.74) is 3.06. The van der Waals surface area contributed by atoms with Gasteiger partial charge >= 0.3 is 0 Å². The van der Waals surface area contributed by atoms with Crippen molar-refractivity contribution in [3.63, 3.8) is 0 Å². The van der Waals surface area contributed by atoms with E-state index in [0.717, 1.165) is 0 Å². The molecule has 1 heterocycles. The van der Waals surface area contributed by atoms with E-state index in [1.54, 1.807) is 42.6 Å². The number of nitrogens with one attached hydrogen (secondary N) is 2. The van der Waals surface area contributed by atoms with Crippen LogP contribution in [-0.4, -0.2) is 20.8 Å². The Bertz CT molecular complexity index is 1200. The average molecular weight is 403 g/mol. The van der Waals surface area contributed by atoms with Crippen molar-refractivity contribution < 1.29 is 13.9 Å². The van der Waals surface area contributed by atoms with Gasteiger partial charge in [0, 0.05) is 17.5 Å². The highest BCUT2D eigenvalue weighted by molar-refractivity contribution is 6.16. The molecule has 1 aliphatic rings. The molecule has 0 saturated heterocycles. The van der Waals surface area contributed by atoms with Crippen molar-refractivity contribution in [2.24, 2.45) is 0 Å². The molecule has 4 rings (SSSR count). The third kappa shape index (κ3) is 4.15. The van der Waals surface area contributed by atoms with E-state index in [2.05, 4.69) is 15.3 Å². The maximum Gasteiger partial charge on any atom is 0.270 e. The number of rotatable bonds is 4. The first-order valence-electron chi connectivity index (χ1n) is 9.06. The molecule has 0 fully saturated rings. The number of anilines is 2. The van der Waals surface area contributed by atoms with Crippen molar-refractivity contribution in [1.82, 2.24) is 9.97 Å². The molecule has 0 atom stereocenters. The fourth-order valence-electron chi connectivity index (χ4n) is 2.92. The van der Waals surface area contributed by atoms with E-state index in [-0.39, 0.29) is 23.1 Å². The molecule has 0 aliphatic heterocycles. The summed E-state index contributed by atoms with van der Waals surface area (Å²) in [5, 5.41) is 19.6. The maximum absolute atomic E-state index is 13.2. The molecular formula is C23H17F2N4O+. The topological polar surface area (TPSA) is 84.6 Å². The SMILES string of the molecule is N=C1C=CC(c2ccnc(Nc3ccc(F)cc3)n2)=C/C1=C(/[OH2+])c1ccc(F)cc1. The van der Waals surface area contributed by atoms with Gasteiger partial charge in [0.05, 0.1) is 22.5 Å². The quantitative estimate of drug-likeness (QED) is 0.493. The zero-order chi connectivity index (χ0) is 21.1. The molecule has 2 aromatic carbocycles. The van der Waals surface area contributed by atoms with Gasteiger partial charge < -0.3 is 10.4 Å². The van der Waals surface area contributed by atoms with E-state index < -0.39 is 0 Å². The van der Waals surface area contributed by atoms with E-state index in [0.29, 0.717) is 34.0 Å². The zero-order valence-corrected chi connectivity index (χ0v) is 15.7. The van der Waals surface area contributed by atoms with Gasteiger partial charge in [0.25, 0.3) is 5.76 Å². The zero-order valence-electron chi connectivity index (χ0n) is 15.7. The van der Waals surface area contributed by atoms with Crippen molar-refractivity contribution in [3.05, 3.63) is 107 Å². The van der Waals surface area contributed by atoms with Crippen LogP contribution in [0.25, 0.3) is 11.3 Å². The van der Waals surface area contributed by atoms with Crippen LogP contribution in [-0.2, 0) is 0 Å². The number of nitrogens with zero attached hydrogens (tertiary/aromatic N) is 2. The fraction of sp³-hybridized carbons (Fsp3) is 0. The summed E-state index contributed by atoms with van der Waals surface area (Å²) < 4.78 is 26.3. The molecule has 148 valence electrons. The number of allylic oxidation sites excluding steroid dienone is 5. The van der Waals surface area contributed by atoms with Crippen LogP contribution in [0.4, 0.5) is 20.4 Å². The molecule has 7 heteroatoms. The minimum absolute atomic E-state index is 0.126. The number of halogens is 2. The Balaban J connectivity index is 1.66. The highest BCUT2D eigenvalue weighted by Gasteiger charge is 2.19. The lowest BCUT2D eigenvalue weighted by Gasteiger charge is -2.12. The van der Waals surface area contributed by atoms with Gasteiger partial charge in [-0.1, -0.05) is 6.08 Å². The van der Waals surface area contributed by atoms with Crippen molar-refractivity contribution in [3.8, 4) is 0 Å². The normalized spacial score (nSPS) is 15.0. The second kappa shape index (κ2) is 8.08. The number of aromatic nitrogens is 2. The Morgan fingerprint density at radius 1 is 0.900 bits per heavy atom. The first-order chi connectivity index (χ1) is 14.5. The largest absolute Gasteiger partial charge is 0.592 e. The van der Waals surface area contributed by atoms with Gasteiger partial charge in [0.2, 0.25) is 5.95 Å². The van der Waals surface area contributed by atoms with Gasteiger partial charge in [0.1, 0.15) is 11.6 Å². The fourth-order valence-corrected chi connectivity index (χ4v) is 2.92. The molecule has 1 aromatic heterocycles. The van der Waals surface area contributed by atoms with Crippen LogP contribution in [0.3, 0.4) is 0 Å². The second-order valence-electron chi connectivity index (χ2n) is 6.54. The lowest BCUT2D eigenvalue weighted by atomic mass is 9.95. The number of hydrogen-bond acceptors (Lipinski definition) is 4.